The zero-order chi connectivity index (χ0) is 25.9. The Morgan fingerprint density at radius 3 is 1.32 bits per heavy atom. The summed E-state index contributed by atoms with van der Waals surface area (Å²) in [4.78, 5) is 0.338. The van der Waals surface area contributed by atoms with Crippen LogP contribution in [-0.2, 0) is 20.0 Å². The van der Waals surface area contributed by atoms with E-state index in [-0.39, 0.29) is 11.8 Å². The Bertz CT molecular complexity index is 1080. The molecule has 0 unspecified atom stereocenters. The maximum absolute atomic E-state index is 14.2. The molecule has 5 rings (SSSR count). The number of rotatable bonds is 7. The summed E-state index contributed by atoms with van der Waals surface area (Å²) in [6.45, 7) is 0. The first-order chi connectivity index (χ1) is 17.9. The van der Waals surface area contributed by atoms with E-state index in [1.54, 1.807) is 0 Å². The predicted molar refractivity (Wildman–Crippen MR) is 150 cm³/mol. The van der Waals surface area contributed by atoms with E-state index in [1.165, 1.54) is 50.5 Å². The van der Waals surface area contributed by atoms with Crippen molar-refractivity contribution in [2.24, 2.45) is 0 Å². The molecule has 37 heavy (non-hydrogen) atoms. The molecule has 1 aromatic carbocycles. The Kier molecular flexibility index (Phi) is 9.02. The van der Waals surface area contributed by atoms with Crippen LogP contribution in [-0.4, -0.2) is 22.1 Å². The minimum Gasteiger partial charge on any atom is -0.211 e. The fourth-order valence-corrected chi connectivity index (χ4v) is 11.9. The molecule has 4 fully saturated rings. The Hall–Kier alpha value is -0.920. The third-order valence-electron chi connectivity index (χ3n) is 9.82. The lowest BCUT2D eigenvalue weighted by Gasteiger charge is -2.32. The predicted octanol–water partition coefficient (Wildman–Crippen LogP) is 7.77. The van der Waals surface area contributed by atoms with Crippen molar-refractivity contribution in [2.45, 2.75) is 156 Å². The maximum Gasteiger partial charge on any atom is 0.254 e. The molecular formula is C30H47NO4S2. The van der Waals surface area contributed by atoms with Gasteiger partial charge in [-0.25, -0.2) is 16.8 Å². The third-order valence-corrected chi connectivity index (χ3v) is 14.0. The summed E-state index contributed by atoms with van der Waals surface area (Å²) >= 11 is 0. The van der Waals surface area contributed by atoms with Gasteiger partial charge < -0.3 is 0 Å². The molecule has 4 saturated carbocycles. The van der Waals surface area contributed by atoms with Gasteiger partial charge in [-0.2, -0.15) is 0 Å². The van der Waals surface area contributed by atoms with Crippen molar-refractivity contribution >= 4 is 20.0 Å². The molecule has 7 heteroatoms. The quantitative estimate of drug-likeness (QED) is 0.377. The molecule has 0 amide bonds. The van der Waals surface area contributed by atoms with Crippen LogP contribution >= 0.6 is 0 Å². The summed E-state index contributed by atoms with van der Waals surface area (Å²) in [7, 11) is -8.17. The van der Waals surface area contributed by atoms with Gasteiger partial charge in [-0.1, -0.05) is 89.2 Å². The average molecular weight is 550 g/mol. The number of sulfonamides is 2. The second kappa shape index (κ2) is 12.1. The van der Waals surface area contributed by atoms with Crippen molar-refractivity contribution in [1.29, 1.82) is 0 Å². The van der Waals surface area contributed by atoms with Crippen LogP contribution in [0.2, 0.25) is 0 Å². The van der Waals surface area contributed by atoms with Crippen molar-refractivity contribution in [3.8, 4) is 0 Å². The molecule has 0 aliphatic heterocycles. The second-order valence-corrected chi connectivity index (χ2v) is 16.3. The molecule has 0 saturated heterocycles. The minimum atomic E-state index is -4.21. The average Bonchev–Trinajstić information content (AvgIpc) is 2.94. The standard InChI is InChI=1S/C30H47NO4S2/c32-36(33,27-19-11-4-12-20-27)31-37(34,35)30-28(24-15-7-2-8-16-24)21-26(23-13-5-1-6-14-23)22-29(30)25-17-9-3-10-18-25/h21-25,27,31H,1-20H2. The first kappa shape index (κ1) is 27.6. The first-order valence-electron chi connectivity index (χ1n) is 15.3. The van der Waals surface area contributed by atoms with Crippen molar-refractivity contribution in [2.75, 3.05) is 0 Å². The lowest BCUT2D eigenvalue weighted by molar-refractivity contribution is 0.419. The zero-order valence-electron chi connectivity index (χ0n) is 22.6. The second-order valence-electron chi connectivity index (χ2n) is 12.4. The maximum atomic E-state index is 14.2. The largest absolute Gasteiger partial charge is 0.254 e. The third kappa shape index (κ3) is 6.46. The van der Waals surface area contributed by atoms with Crippen LogP contribution in [0, 0.1) is 0 Å². The molecule has 1 aromatic rings. The summed E-state index contributed by atoms with van der Waals surface area (Å²) < 4.78 is 57.5. The van der Waals surface area contributed by atoms with Gasteiger partial charge in [0.05, 0.1) is 10.1 Å². The molecular weight excluding hydrogens is 502 g/mol. The summed E-state index contributed by atoms with van der Waals surface area (Å²) in [6.07, 6.45) is 20.8. The molecule has 0 radical (unpaired) electrons. The van der Waals surface area contributed by atoms with Crippen molar-refractivity contribution in [1.82, 2.24) is 4.13 Å². The molecule has 0 spiro atoms. The Morgan fingerprint density at radius 2 is 0.892 bits per heavy atom. The summed E-state index contributed by atoms with van der Waals surface area (Å²) in [6, 6.07) is 4.42. The van der Waals surface area contributed by atoms with Gasteiger partial charge in [0.2, 0.25) is 10.0 Å². The van der Waals surface area contributed by atoms with Crippen molar-refractivity contribution in [3.63, 3.8) is 0 Å². The molecule has 0 aromatic heterocycles. The van der Waals surface area contributed by atoms with Crippen molar-refractivity contribution < 1.29 is 16.8 Å². The van der Waals surface area contributed by atoms with E-state index < -0.39 is 25.3 Å². The lowest BCUT2D eigenvalue weighted by Crippen LogP contribution is -2.40. The van der Waals surface area contributed by atoms with E-state index in [4.69, 9.17) is 0 Å². The Labute approximate surface area is 225 Å². The number of hydrogen-bond donors (Lipinski definition) is 1. The highest BCUT2D eigenvalue weighted by Gasteiger charge is 2.37. The van der Waals surface area contributed by atoms with Crippen LogP contribution in [0.25, 0.3) is 0 Å². The fraction of sp³-hybridized carbons (Fsp3) is 0.800. The van der Waals surface area contributed by atoms with Crippen LogP contribution in [0.5, 0.6) is 0 Å². The number of nitrogens with one attached hydrogen (secondary N) is 1. The van der Waals surface area contributed by atoms with Crippen LogP contribution in [0.15, 0.2) is 17.0 Å². The van der Waals surface area contributed by atoms with E-state index in [2.05, 4.69) is 16.3 Å². The molecule has 0 bridgehead atoms. The topological polar surface area (TPSA) is 80.3 Å². The van der Waals surface area contributed by atoms with E-state index in [1.807, 2.05) is 0 Å². The highest BCUT2D eigenvalue weighted by atomic mass is 32.3. The smallest absolute Gasteiger partial charge is 0.211 e. The van der Waals surface area contributed by atoms with Crippen LogP contribution in [0.1, 0.15) is 163 Å². The highest BCUT2D eigenvalue weighted by Crippen LogP contribution is 2.45. The van der Waals surface area contributed by atoms with E-state index in [0.29, 0.717) is 23.7 Å². The van der Waals surface area contributed by atoms with Gasteiger partial charge in [-0.05, 0) is 85.8 Å². The minimum absolute atomic E-state index is 0.198. The SMILES string of the molecule is O=S(=O)(NS(=O)(=O)C1CCCCC1)c1c(C2CCCCC2)cc(C2CCCCC2)cc1C1CCCCC1. The van der Waals surface area contributed by atoms with Gasteiger partial charge in [0.1, 0.15) is 0 Å². The fourth-order valence-electron chi connectivity index (χ4n) is 7.75. The van der Waals surface area contributed by atoms with E-state index >= 15 is 0 Å². The van der Waals surface area contributed by atoms with Crippen LogP contribution < -0.4 is 4.13 Å². The lowest BCUT2D eigenvalue weighted by atomic mass is 9.76. The number of hydrogen-bond acceptors (Lipinski definition) is 4. The summed E-state index contributed by atoms with van der Waals surface area (Å²) in [5.74, 6) is 0.890. The molecule has 0 heterocycles. The molecule has 1 N–H and O–H groups in total. The summed E-state index contributed by atoms with van der Waals surface area (Å²) in [5, 5.41) is -0.603. The molecule has 208 valence electrons. The van der Waals surface area contributed by atoms with Crippen LogP contribution in [0.4, 0.5) is 0 Å². The van der Waals surface area contributed by atoms with Gasteiger partial charge in [0.15, 0.2) is 0 Å². The zero-order valence-corrected chi connectivity index (χ0v) is 24.2. The number of benzene rings is 1. The first-order valence-corrected chi connectivity index (χ1v) is 18.3. The monoisotopic (exact) mass is 549 g/mol. The normalized spacial score (nSPS) is 24.3. The van der Waals surface area contributed by atoms with Gasteiger partial charge in [0.25, 0.3) is 10.0 Å². The molecule has 4 aliphatic rings. The summed E-state index contributed by atoms with van der Waals surface area (Å²) in [5.41, 5.74) is 3.17. The van der Waals surface area contributed by atoms with Gasteiger partial charge >= 0.3 is 0 Å². The van der Waals surface area contributed by atoms with E-state index in [0.717, 1.165) is 81.8 Å². The molecule has 5 nitrogen and oxygen atoms in total. The van der Waals surface area contributed by atoms with Gasteiger partial charge in [-0.15, -0.1) is 4.13 Å². The van der Waals surface area contributed by atoms with Gasteiger partial charge in [0, 0.05) is 0 Å². The van der Waals surface area contributed by atoms with E-state index in [9.17, 15) is 16.8 Å². The Morgan fingerprint density at radius 1 is 0.514 bits per heavy atom. The molecule has 0 atom stereocenters. The Balaban J connectivity index is 1.62. The molecule has 4 aliphatic carbocycles. The van der Waals surface area contributed by atoms with Crippen LogP contribution in [0.3, 0.4) is 0 Å². The van der Waals surface area contributed by atoms with Gasteiger partial charge in [-0.3, -0.25) is 0 Å². The highest BCUT2D eigenvalue weighted by molar-refractivity contribution is 8.05. The van der Waals surface area contributed by atoms with Crippen molar-refractivity contribution in [3.05, 3.63) is 28.8 Å².